The lowest BCUT2D eigenvalue weighted by atomic mass is 10.1. The molecule has 1 fully saturated rings. The summed E-state index contributed by atoms with van der Waals surface area (Å²) >= 11 is 0. The molecule has 1 saturated heterocycles. The van der Waals surface area contributed by atoms with Crippen LogP contribution in [0.4, 0.5) is 13.2 Å². The first-order valence-electron chi connectivity index (χ1n) is 11.0. The molecule has 0 radical (unpaired) electrons. The molecule has 1 amide bonds. The molecule has 9 nitrogen and oxygen atoms in total. The van der Waals surface area contributed by atoms with E-state index in [1.807, 2.05) is 0 Å². The van der Waals surface area contributed by atoms with Gasteiger partial charge in [0.2, 0.25) is 5.91 Å². The summed E-state index contributed by atoms with van der Waals surface area (Å²) in [4.78, 5) is 20.7. The summed E-state index contributed by atoms with van der Waals surface area (Å²) in [6, 6.07) is 12.9. The number of nitrogens with one attached hydrogen (secondary N) is 2. The van der Waals surface area contributed by atoms with Gasteiger partial charge in [-0.3, -0.25) is 4.79 Å². The predicted octanol–water partition coefficient (Wildman–Crippen LogP) is 2.84. The van der Waals surface area contributed by atoms with E-state index in [1.165, 1.54) is 12.1 Å². The van der Waals surface area contributed by atoms with Crippen LogP contribution in [0, 0.1) is 0 Å². The van der Waals surface area contributed by atoms with Crippen molar-refractivity contribution in [2.75, 3.05) is 13.2 Å². The van der Waals surface area contributed by atoms with Gasteiger partial charge < -0.3 is 30.3 Å². The number of aromatic nitrogens is 2. The van der Waals surface area contributed by atoms with Crippen molar-refractivity contribution in [3.05, 3.63) is 66.0 Å². The van der Waals surface area contributed by atoms with Gasteiger partial charge in [-0.25, -0.2) is 9.97 Å². The third kappa shape index (κ3) is 6.68. The molecule has 12 heteroatoms. The molecule has 2 heterocycles. The van der Waals surface area contributed by atoms with Crippen molar-refractivity contribution in [2.45, 2.75) is 31.5 Å². The summed E-state index contributed by atoms with van der Waals surface area (Å²) < 4.78 is 46.4. The van der Waals surface area contributed by atoms with Crippen LogP contribution in [0.3, 0.4) is 0 Å². The number of aliphatic hydroxyl groups is 2. The van der Waals surface area contributed by atoms with Crippen molar-refractivity contribution >= 4 is 5.91 Å². The van der Waals surface area contributed by atoms with Gasteiger partial charge in [0, 0.05) is 18.7 Å². The van der Waals surface area contributed by atoms with Gasteiger partial charge in [0.15, 0.2) is 5.82 Å². The Bertz CT molecular complexity index is 1190. The number of carbonyl (C=O) groups excluding carboxylic acids is 1. The molecule has 2 atom stereocenters. The normalized spacial score (nSPS) is 16.5. The summed E-state index contributed by atoms with van der Waals surface area (Å²) in [5.74, 6) is 0.590. The summed E-state index contributed by atoms with van der Waals surface area (Å²) in [6.45, 7) is 0.335. The first-order chi connectivity index (χ1) is 17.2. The fourth-order valence-electron chi connectivity index (χ4n) is 3.54. The van der Waals surface area contributed by atoms with Crippen LogP contribution in [0.5, 0.6) is 17.2 Å². The number of carbonyl (C=O) groups is 1. The SMILES string of the molecule is O=C1NCCC1NCc1cc(C(O)CO)nc(-c2ccc(Oc3ccc(OC(F)(F)F)cc3)cc2)n1. The van der Waals surface area contributed by atoms with Crippen LogP contribution in [0.1, 0.15) is 23.9 Å². The van der Waals surface area contributed by atoms with E-state index in [2.05, 4.69) is 25.3 Å². The van der Waals surface area contributed by atoms with E-state index in [1.54, 1.807) is 30.3 Å². The monoisotopic (exact) mass is 504 g/mol. The average Bonchev–Trinajstić information content (AvgIpc) is 3.27. The molecule has 0 bridgehead atoms. The zero-order chi connectivity index (χ0) is 25.7. The van der Waals surface area contributed by atoms with Gasteiger partial charge in [-0.2, -0.15) is 0 Å². The highest BCUT2D eigenvalue weighted by atomic mass is 19.4. The molecule has 0 spiro atoms. The van der Waals surface area contributed by atoms with Crippen LogP contribution in [0.25, 0.3) is 11.4 Å². The molecule has 1 aromatic heterocycles. The molecule has 4 N–H and O–H groups in total. The number of hydrogen-bond acceptors (Lipinski definition) is 8. The highest BCUT2D eigenvalue weighted by Gasteiger charge is 2.31. The maximum absolute atomic E-state index is 12.3. The molecule has 2 aromatic carbocycles. The van der Waals surface area contributed by atoms with Gasteiger partial charge in [0.05, 0.1) is 24.0 Å². The number of benzene rings is 2. The molecule has 190 valence electrons. The third-order valence-electron chi connectivity index (χ3n) is 5.30. The summed E-state index contributed by atoms with van der Waals surface area (Å²) in [5, 5.41) is 25.4. The highest BCUT2D eigenvalue weighted by molar-refractivity contribution is 5.83. The smallest absolute Gasteiger partial charge is 0.457 e. The maximum Gasteiger partial charge on any atom is 0.573 e. The number of alkyl halides is 3. The highest BCUT2D eigenvalue weighted by Crippen LogP contribution is 2.28. The van der Waals surface area contributed by atoms with E-state index in [4.69, 9.17) is 4.74 Å². The van der Waals surface area contributed by atoms with Gasteiger partial charge in [-0.05, 0) is 61.0 Å². The minimum Gasteiger partial charge on any atom is -0.457 e. The van der Waals surface area contributed by atoms with Crippen LogP contribution in [0.15, 0.2) is 54.6 Å². The summed E-state index contributed by atoms with van der Waals surface area (Å²) in [7, 11) is 0. The number of amides is 1. The molecule has 1 aliphatic rings. The summed E-state index contributed by atoms with van der Waals surface area (Å²) in [6.07, 6.45) is -5.32. The molecule has 36 heavy (non-hydrogen) atoms. The Hall–Kier alpha value is -3.74. The Labute approximate surface area is 203 Å². The topological polar surface area (TPSA) is 126 Å². The van der Waals surface area contributed by atoms with Crippen molar-refractivity contribution in [2.24, 2.45) is 0 Å². The number of aliphatic hydroxyl groups excluding tert-OH is 2. The molecule has 0 saturated carbocycles. The minimum absolute atomic E-state index is 0.0852. The lowest BCUT2D eigenvalue weighted by Gasteiger charge is -2.14. The second-order valence-electron chi connectivity index (χ2n) is 7.96. The Balaban J connectivity index is 1.48. The molecular formula is C24H23F3N4O5. The van der Waals surface area contributed by atoms with Gasteiger partial charge in [-0.1, -0.05) is 0 Å². The van der Waals surface area contributed by atoms with Crippen LogP contribution in [-0.4, -0.2) is 51.6 Å². The van der Waals surface area contributed by atoms with E-state index < -0.39 is 19.1 Å². The lowest BCUT2D eigenvalue weighted by Crippen LogP contribution is -2.36. The number of hydrogen-bond donors (Lipinski definition) is 4. The van der Waals surface area contributed by atoms with Crippen molar-refractivity contribution in [3.63, 3.8) is 0 Å². The van der Waals surface area contributed by atoms with Gasteiger partial charge in [-0.15, -0.1) is 13.2 Å². The first-order valence-corrected chi connectivity index (χ1v) is 11.0. The van der Waals surface area contributed by atoms with Gasteiger partial charge >= 0.3 is 6.36 Å². The fourth-order valence-corrected chi connectivity index (χ4v) is 3.54. The van der Waals surface area contributed by atoms with E-state index in [9.17, 15) is 28.2 Å². The van der Waals surface area contributed by atoms with E-state index in [-0.39, 0.29) is 29.9 Å². The predicted molar refractivity (Wildman–Crippen MR) is 121 cm³/mol. The number of nitrogens with zero attached hydrogens (tertiary/aromatic N) is 2. The first kappa shape index (κ1) is 25.4. The number of rotatable bonds is 9. The molecular weight excluding hydrogens is 481 g/mol. The van der Waals surface area contributed by atoms with Crippen LogP contribution in [0.2, 0.25) is 0 Å². The Morgan fingerprint density at radius 1 is 1.06 bits per heavy atom. The second kappa shape index (κ2) is 10.9. The Morgan fingerprint density at radius 3 is 2.28 bits per heavy atom. The van der Waals surface area contributed by atoms with Crippen molar-refractivity contribution < 1.29 is 37.7 Å². The molecule has 4 rings (SSSR count). The van der Waals surface area contributed by atoms with Crippen molar-refractivity contribution in [1.82, 2.24) is 20.6 Å². The lowest BCUT2D eigenvalue weighted by molar-refractivity contribution is -0.274. The van der Waals surface area contributed by atoms with Crippen molar-refractivity contribution in [1.29, 1.82) is 0 Å². The zero-order valence-electron chi connectivity index (χ0n) is 18.8. The van der Waals surface area contributed by atoms with Gasteiger partial charge in [0.25, 0.3) is 0 Å². The molecule has 1 aliphatic heterocycles. The Kier molecular flexibility index (Phi) is 7.67. The largest absolute Gasteiger partial charge is 0.573 e. The number of ether oxygens (including phenoxy) is 2. The van der Waals surface area contributed by atoms with E-state index >= 15 is 0 Å². The minimum atomic E-state index is -4.77. The standard InChI is InChI=1S/C24H23F3N4O5/c25-24(26,27)36-18-7-5-17(6-8-18)35-16-3-1-14(2-4-16)22-30-15(11-20(31-22)21(33)13-32)12-29-19-9-10-28-23(19)34/h1-8,11,19,21,29,32-33H,9-10,12-13H2,(H,28,34). The van der Waals surface area contributed by atoms with E-state index in [0.717, 1.165) is 12.1 Å². The quantitative estimate of drug-likeness (QED) is 0.351. The van der Waals surface area contributed by atoms with Crippen LogP contribution >= 0.6 is 0 Å². The zero-order valence-corrected chi connectivity index (χ0v) is 18.8. The maximum atomic E-state index is 12.3. The van der Waals surface area contributed by atoms with Crippen molar-refractivity contribution in [3.8, 4) is 28.6 Å². The fraction of sp³-hybridized carbons (Fsp3) is 0.292. The molecule has 2 unspecified atom stereocenters. The molecule has 3 aromatic rings. The van der Waals surface area contributed by atoms with E-state index in [0.29, 0.717) is 41.5 Å². The second-order valence-corrected chi connectivity index (χ2v) is 7.96. The molecule has 0 aliphatic carbocycles. The average molecular weight is 504 g/mol. The van der Waals surface area contributed by atoms with Crippen LogP contribution in [-0.2, 0) is 11.3 Å². The van der Waals surface area contributed by atoms with Gasteiger partial charge in [0.1, 0.15) is 23.4 Å². The Morgan fingerprint density at radius 2 is 1.69 bits per heavy atom. The number of halogens is 3. The van der Waals surface area contributed by atoms with Crippen LogP contribution < -0.4 is 20.1 Å². The third-order valence-corrected chi connectivity index (χ3v) is 5.30. The summed E-state index contributed by atoms with van der Waals surface area (Å²) in [5.41, 5.74) is 1.36.